The number of hydrogen-bond donors (Lipinski definition) is 16. The van der Waals surface area contributed by atoms with Gasteiger partial charge in [-0.2, -0.15) is 0 Å². The first-order valence-corrected chi connectivity index (χ1v) is 20.2. The molecular weight excluding hydrogens is 862 g/mol. The van der Waals surface area contributed by atoms with Crippen molar-refractivity contribution in [2.75, 3.05) is 26.4 Å². The number of nitrogens with zero attached hydrogens (tertiary/aromatic N) is 1. The van der Waals surface area contributed by atoms with Gasteiger partial charge in [-0.15, -0.1) is 0 Å². The first-order chi connectivity index (χ1) is 30.5. The molecule has 0 saturated heterocycles. The van der Waals surface area contributed by atoms with E-state index in [1.165, 1.54) is 6.92 Å². The lowest BCUT2D eigenvalue weighted by molar-refractivity contribution is -0.142. The molecule has 0 aromatic heterocycles. The first-order valence-electron chi connectivity index (χ1n) is 20.2. The van der Waals surface area contributed by atoms with Crippen molar-refractivity contribution in [3.8, 4) is 0 Å². The minimum absolute atomic E-state index is 0.0670. The smallest absolute Gasteiger partial charge is 0.326 e. The van der Waals surface area contributed by atoms with Crippen LogP contribution in [0.1, 0.15) is 52.0 Å². The van der Waals surface area contributed by atoms with Crippen molar-refractivity contribution >= 4 is 65.1 Å². The van der Waals surface area contributed by atoms with Crippen LogP contribution in [0.4, 0.5) is 0 Å². The third-order valence-corrected chi connectivity index (χ3v) is 9.15. The number of nitrogens with one attached hydrogen (secondary N) is 8. The minimum Gasteiger partial charge on any atom is -0.480 e. The highest BCUT2D eigenvalue weighted by atomic mass is 16.4. The van der Waals surface area contributed by atoms with Crippen molar-refractivity contribution in [3.63, 3.8) is 0 Å². The zero-order valence-corrected chi connectivity index (χ0v) is 36.1. The van der Waals surface area contributed by atoms with Crippen LogP contribution in [-0.2, 0) is 54.4 Å². The number of carboxylic acids is 1. The fourth-order valence-electron chi connectivity index (χ4n) is 5.43. The quantitative estimate of drug-likeness (QED) is 0.0202. The van der Waals surface area contributed by atoms with E-state index in [0.29, 0.717) is 5.56 Å². The van der Waals surface area contributed by atoms with Gasteiger partial charge in [-0.25, -0.2) is 4.79 Å². The van der Waals surface area contributed by atoms with Gasteiger partial charge in [0.1, 0.15) is 48.3 Å². The lowest BCUT2D eigenvalue weighted by Crippen LogP contribution is -2.61. The number of amides is 9. The Bertz CT molecular complexity index is 1850. The van der Waals surface area contributed by atoms with Gasteiger partial charge in [0.15, 0.2) is 5.96 Å². The van der Waals surface area contributed by atoms with Gasteiger partial charge in [0.05, 0.1) is 25.9 Å². The van der Waals surface area contributed by atoms with Gasteiger partial charge in [0.25, 0.3) is 0 Å². The molecule has 0 unspecified atom stereocenters. The lowest BCUT2D eigenvalue weighted by Gasteiger charge is -2.26. The molecule has 65 heavy (non-hydrogen) atoms. The Hall–Kier alpha value is -6.97. The van der Waals surface area contributed by atoms with Crippen molar-refractivity contribution in [2.24, 2.45) is 27.9 Å². The van der Waals surface area contributed by atoms with Gasteiger partial charge in [0, 0.05) is 19.4 Å². The van der Waals surface area contributed by atoms with Crippen molar-refractivity contribution < 1.29 is 68.4 Å². The maximum Gasteiger partial charge on any atom is 0.326 e. The maximum absolute atomic E-state index is 13.6. The summed E-state index contributed by atoms with van der Waals surface area (Å²) < 4.78 is 0. The van der Waals surface area contributed by atoms with Crippen molar-refractivity contribution in [1.82, 2.24) is 42.5 Å². The summed E-state index contributed by atoms with van der Waals surface area (Å²) in [7, 11) is 0. The molecule has 1 rings (SSSR count). The summed E-state index contributed by atoms with van der Waals surface area (Å²) >= 11 is 0. The molecule has 1 aromatic rings. The average molecular weight is 924 g/mol. The van der Waals surface area contributed by atoms with Crippen LogP contribution in [0.15, 0.2) is 35.3 Å². The van der Waals surface area contributed by atoms with Crippen LogP contribution in [0.3, 0.4) is 0 Å². The second kappa shape index (κ2) is 28.7. The van der Waals surface area contributed by atoms with E-state index >= 15 is 0 Å². The summed E-state index contributed by atoms with van der Waals surface area (Å²) in [5.74, 6) is -10.4. The Morgan fingerprint density at radius 3 is 1.37 bits per heavy atom. The zero-order valence-electron chi connectivity index (χ0n) is 36.1. The predicted molar refractivity (Wildman–Crippen MR) is 228 cm³/mol. The molecule has 20 N–H and O–H groups in total. The Morgan fingerprint density at radius 2 is 0.938 bits per heavy atom. The molecule has 9 atom stereocenters. The monoisotopic (exact) mass is 923 g/mol. The number of primary amides is 1. The molecule has 0 aliphatic heterocycles. The number of benzene rings is 1. The summed E-state index contributed by atoms with van der Waals surface area (Å²) in [4.78, 5) is 131. The number of carboxylic acid groups (broad SMARTS) is 1. The summed E-state index contributed by atoms with van der Waals surface area (Å²) in [6.07, 6.45) is -0.663. The van der Waals surface area contributed by atoms with Gasteiger partial charge >= 0.3 is 5.97 Å². The summed E-state index contributed by atoms with van der Waals surface area (Å²) in [6, 6.07) is -5.02. The van der Waals surface area contributed by atoms with E-state index in [1.54, 1.807) is 30.3 Å². The van der Waals surface area contributed by atoms with Crippen LogP contribution in [0.25, 0.3) is 0 Å². The fourth-order valence-corrected chi connectivity index (χ4v) is 5.43. The molecule has 0 aliphatic rings. The number of aliphatic hydroxyl groups excluding tert-OH is 3. The normalized spacial score (nSPS) is 14.9. The van der Waals surface area contributed by atoms with Gasteiger partial charge in [-0.3, -0.25) is 48.1 Å². The van der Waals surface area contributed by atoms with Crippen LogP contribution in [0, 0.1) is 0 Å². The number of carbonyl (C=O) groups excluding carboxylic acids is 9. The first kappa shape index (κ1) is 56.0. The van der Waals surface area contributed by atoms with Crippen LogP contribution >= 0.6 is 0 Å². The average Bonchev–Trinajstić information content (AvgIpc) is 3.25. The summed E-state index contributed by atoms with van der Waals surface area (Å²) in [5, 5.41) is 57.2. The standard InChI is InChI=1S/C38H61N13O14/c1-18(39)29(56)46-22(11-12-28(40)55)32(59)48-24(14-21-8-5-4-6-9-21)33(60)51-26(16-53)35(62)45-19(2)30(57)49-25(15-52)34(61)44-20(3)31(58)50-27(17-54)36(63)47-23(37(64)65)10-7-13-43-38(41)42/h4-6,8-9,18-20,22-27,52-54H,7,10-17,39H2,1-3H3,(H2,40,55)(H,44,61)(H,45,62)(H,46,56)(H,47,63)(H,48,59)(H,49,57)(H,50,58)(H,51,60)(H,64,65)(H4,41,42,43)/t18-,19-,20-,22-,23-,24-,25-,26-,27-/m0/s1. The molecular formula is C38H61N13O14. The molecule has 1 aromatic carbocycles. The Kier molecular flexibility index (Phi) is 24.7. The van der Waals surface area contributed by atoms with E-state index in [0.717, 1.165) is 13.8 Å². The second-order valence-electron chi connectivity index (χ2n) is 14.6. The Labute approximate surface area is 373 Å². The minimum atomic E-state index is -1.72. The van der Waals surface area contributed by atoms with E-state index in [1.807, 2.05) is 0 Å². The van der Waals surface area contributed by atoms with Crippen LogP contribution in [0.2, 0.25) is 0 Å². The SMILES string of the molecule is C[C@H](N)C(=O)N[C@@H](CCC(N)=O)C(=O)N[C@@H](Cc1ccccc1)C(=O)N[C@@H](CO)C(=O)N[C@@H](C)C(=O)N[C@@H](CO)C(=O)N[C@@H](C)C(=O)N[C@@H](CO)C(=O)N[C@@H](CCCN=C(N)N)C(=O)O. The van der Waals surface area contributed by atoms with Crippen molar-refractivity contribution in [1.29, 1.82) is 0 Å². The summed E-state index contributed by atoms with van der Waals surface area (Å²) in [5.41, 5.74) is 21.8. The number of aliphatic hydroxyl groups is 3. The number of aliphatic imine (C=N–C) groups is 1. The molecule has 0 heterocycles. The van der Waals surface area contributed by atoms with E-state index in [2.05, 4.69) is 47.5 Å². The van der Waals surface area contributed by atoms with E-state index in [-0.39, 0.29) is 44.6 Å². The molecule has 9 amide bonds. The van der Waals surface area contributed by atoms with E-state index in [9.17, 15) is 68.4 Å². The topological polar surface area (TPSA) is 464 Å². The van der Waals surface area contributed by atoms with Gasteiger partial charge in [0.2, 0.25) is 53.2 Å². The zero-order chi connectivity index (χ0) is 49.4. The molecule has 0 aliphatic carbocycles. The highest BCUT2D eigenvalue weighted by Gasteiger charge is 2.33. The third kappa shape index (κ3) is 20.8. The molecule has 27 nitrogen and oxygen atoms in total. The van der Waals surface area contributed by atoms with Crippen LogP contribution in [-0.4, -0.2) is 166 Å². The molecule has 27 heteroatoms. The fraction of sp³-hybridized carbons (Fsp3) is 0.553. The Balaban J connectivity index is 2.98. The number of carbonyl (C=O) groups is 10. The predicted octanol–water partition coefficient (Wildman–Crippen LogP) is -8.12. The number of rotatable bonds is 29. The van der Waals surface area contributed by atoms with Crippen molar-refractivity contribution in [3.05, 3.63) is 35.9 Å². The number of aliphatic carboxylic acids is 1. The van der Waals surface area contributed by atoms with Gasteiger partial charge in [-0.05, 0) is 45.6 Å². The lowest BCUT2D eigenvalue weighted by atomic mass is 10.0. The largest absolute Gasteiger partial charge is 0.480 e. The van der Waals surface area contributed by atoms with Crippen molar-refractivity contribution in [2.45, 2.75) is 107 Å². The Morgan fingerprint density at radius 1 is 0.538 bits per heavy atom. The highest BCUT2D eigenvalue weighted by molar-refractivity contribution is 5.98. The van der Waals surface area contributed by atoms with Gasteiger partial charge < -0.3 is 85.9 Å². The molecule has 362 valence electrons. The van der Waals surface area contributed by atoms with Crippen LogP contribution in [0.5, 0.6) is 0 Å². The number of guanidine groups is 1. The van der Waals surface area contributed by atoms with E-state index < -0.39 is 133 Å². The van der Waals surface area contributed by atoms with Crippen LogP contribution < -0.4 is 65.5 Å². The molecule has 0 fully saturated rings. The third-order valence-electron chi connectivity index (χ3n) is 9.15. The number of nitrogens with two attached hydrogens (primary N) is 4. The summed E-state index contributed by atoms with van der Waals surface area (Å²) in [6.45, 7) is 0.739. The molecule has 0 bridgehead atoms. The highest BCUT2D eigenvalue weighted by Crippen LogP contribution is 2.07. The molecule has 0 saturated carbocycles. The number of hydrogen-bond acceptors (Lipinski definition) is 15. The second-order valence-corrected chi connectivity index (χ2v) is 14.6. The maximum atomic E-state index is 13.6. The molecule has 0 radical (unpaired) electrons. The van der Waals surface area contributed by atoms with E-state index in [4.69, 9.17) is 22.9 Å². The molecule has 0 spiro atoms. The van der Waals surface area contributed by atoms with Gasteiger partial charge in [-0.1, -0.05) is 30.3 Å².